The van der Waals surface area contributed by atoms with Crippen LogP contribution in [-0.4, -0.2) is 11.6 Å². The number of ketones is 2. The van der Waals surface area contributed by atoms with Gasteiger partial charge in [-0.3, -0.25) is 9.59 Å². The molecule has 0 aromatic heterocycles. The summed E-state index contributed by atoms with van der Waals surface area (Å²) in [6.07, 6.45) is 4.56. The minimum absolute atomic E-state index is 0.108. The molecule has 1 aliphatic carbocycles. The normalized spacial score (nSPS) is 15.3. The Morgan fingerprint density at radius 2 is 1.65 bits per heavy atom. The molecule has 1 aromatic carbocycles. The van der Waals surface area contributed by atoms with Crippen molar-refractivity contribution >= 4 is 11.6 Å². The Kier molecular flexibility index (Phi) is 3.15. The lowest BCUT2D eigenvalue weighted by molar-refractivity contribution is -0.115. The summed E-state index contributed by atoms with van der Waals surface area (Å²) in [4.78, 5) is 23.4. The Morgan fingerprint density at radius 1 is 1.00 bits per heavy atom. The highest BCUT2D eigenvalue weighted by Gasteiger charge is 2.20. The van der Waals surface area contributed by atoms with Gasteiger partial charge in [-0.05, 0) is 17.7 Å². The SMILES string of the molecule is C=CC1=C(Cc2ccccc2)C(=O)C=CC1=O. The molecular weight excluding hydrogens is 212 g/mol. The summed E-state index contributed by atoms with van der Waals surface area (Å²) < 4.78 is 0. The highest BCUT2D eigenvalue weighted by Crippen LogP contribution is 2.19. The summed E-state index contributed by atoms with van der Waals surface area (Å²) in [5, 5.41) is 0. The Balaban J connectivity index is 2.38. The lowest BCUT2D eigenvalue weighted by atomic mass is 9.90. The van der Waals surface area contributed by atoms with Crippen LogP contribution in [-0.2, 0) is 16.0 Å². The third-order valence-electron chi connectivity index (χ3n) is 2.70. The molecule has 84 valence electrons. The number of carbonyl (C=O) groups excluding carboxylic acids is 2. The van der Waals surface area contributed by atoms with E-state index in [9.17, 15) is 9.59 Å². The summed E-state index contributed by atoms with van der Waals surface area (Å²) in [6, 6.07) is 9.61. The van der Waals surface area contributed by atoms with Gasteiger partial charge >= 0.3 is 0 Å². The Morgan fingerprint density at radius 3 is 2.29 bits per heavy atom. The van der Waals surface area contributed by atoms with Crippen LogP contribution < -0.4 is 0 Å². The van der Waals surface area contributed by atoms with E-state index in [-0.39, 0.29) is 11.6 Å². The van der Waals surface area contributed by atoms with Crippen molar-refractivity contribution < 1.29 is 9.59 Å². The maximum atomic E-state index is 11.8. The Hall–Kier alpha value is -2.22. The van der Waals surface area contributed by atoms with Crippen molar-refractivity contribution in [1.29, 1.82) is 0 Å². The average Bonchev–Trinajstić information content (AvgIpc) is 2.35. The number of rotatable bonds is 3. The summed E-state index contributed by atoms with van der Waals surface area (Å²) in [5.74, 6) is -0.256. The zero-order chi connectivity index (χ0) is 12.3. The summed E-state index contributed by atoms with van der Waals surface area (Å²) in [7, 11) is 0. The third kappa shape index (κ3) is 2.31. The third-order valence-corrected chi connectivity index (χ3v) is 2.70. The van der Waals surface area contributed by atoms with E-state index in [2.05, 4.69) is 6.58 Å². The largest absolute Gasteiger partial charge is 0.290 e. The molecule has 2 heteroatoms. The van der Waals surface area contributed by atoms with Crippen molar-refractivity contribution in [3.05, 3.63) is 71.8 Å². The molecule has 17 heavy (non-hydrogen) atoms. The van der Waals surface area contributed by atoms with Crippen molar-refractivity contribution in [2.45, 2.75) is 6.42 Å². The smallest absolute Gasteiger partial charge is 0.186 e. The van der Waals surface area contributed by atoms with E-state index < -0.39 is 0 Å². The van der Waals surface area contributed by atoms with Gasteiger partial charge < -0.3 is 0 Å². The van der Waals surface area contributed by atoms with Gasteiger partial charge in [-0.15, -0.1) is 0 Å². The fourth-order valence-corrected chi connectivity index (χ4v) is 1.83. The standard InChI is InChI=1S/C15H12O2/c1-2-12-13(15(17)9-8-14(12)16)10-11-6-4-3-5-7-11/h2-9H,1,10H2. The first kappa shape index (κ1) is 11.3. The molecule has 1 aliphatic rings. The maximum Gasteiger partial charge on any atom is 0.186 e. The van der Waals surface area contributed by atoms with E-state index in [1.54, 1.807) is 0 Å². The van der Waals surface area contributed by atoms with Gasteiger partial charge in [0.25, 0.3) is 0 Å². The van der Waals surface area contributed by atoms with Gasteiger partial charge in [-0.25, -0.2) is 0 Å². The highest BCUT2D eigenvalue weighted by molar-refractivity contribution is 6.21. The van der Waals surface area contributed by atoms with E-state index in [4.69, 9.17) is 0 Å². The van der Waals surface area contributed by atoms with Crippen LogP contribution in [0.15, 0.2) is 66.3 Å². The van der Waals surface area contributed by atoms with E-state index in [0.717, 1.165) is 5.56 Å². The second kappa shape index (κ2) is 4.74. The van der Waals surface area contributed by atoms with Crippen LogP contribution in [0.3, 0.4) is 0 Å². The van der Waals surface area contributed by atoms with Gasteiger partial charge in [0.2, 0.25) is 0 Å². The minimum atomic E-state index is -0.148. The van der Waals surface area contributed by atoms with Crippen LogP contribution in [0.4, 0.5) is 0 Å². The topological polar surface area (TPSA) is 34.1 Å². The second-order valence-electron chi connectivity index (χ2n) is 3.82. The van der Waals surface area contributed by atoms with Gasteiger partial charge in [0.15, 0.2) is 11.6 Å². The fourth-order valence-electron chi connectivity index (χ4n) is 1.83. The van der Waals surface area contributed by atoms with Crippen LogP contribution in [0.2, 0.25) is 0 Å². The average molecular weight is 224 g/mol. The molecule has 0 radical (unpaired) electrons. The first-order chi connectivity index (χ1) is 8.22. The van der Waals surface area contributed by atoms with Gasteiger partial charge in [0.1, 0.15) is 0 Å². The number of hydrogen-bond donors (Lipinski definition) is 0. The fraction of sp³-hybridized carbons (Fsp3) is 0.0667. The molecule has 0 bridgehead atoms. The predicted octanol–water partition coefficient (Wildman–Crippen LogP) is 2.42. The molecule has 0 fully saturated rings. The van der Waals surface area contributed by atoms with E-state index in [0.29, 0.717) is 17.6 Å². The lowest BCUT2D eigenvalue weighted by Gasteiger charge is -2.11. The minimum Gasteiger partial charge on any atom is -0.290 e. The molecule has 2 rings (SSSR count). The van der Waals surface area contributed by atoms with Crippen LogP contribution in [0.1, 0.15) is 5.56 Å². The van der Waals surface area contributed by atoms with Crippen LogP contribution in [0.5, 0.6) is 0 Å². The maximum absolute atomic E-state index is 11.8. The molecule has 0 saturated carbocycles. The molecule has 0 aliphatic heterocycles. The van der Waals surface area contributed by atoms with Crippen molar-refractivity contribution in [1.82, 2.24) is 0 Å². The first-order valence-corrected chi connectivity index (χ1v) is 5.38. The van der Waals surface area contributed by atoms with E-state index >= 15 is 0 Å². The molecule has 0 saturated heterocycles. The number of carbonyl (C=O) groups is 2. The molecule has 0 spiro atoms. The number of allylic oxidation sites excluding steroid dienone is 5. The molecule has 0 heterocycles. The predicted molar refractivity (Wildman–Crippen MR) is 66.5 cm³/mol. The van der Waals surface area contributed by atoms with E-state index in [1.807, 2.05) is 30.3 Å². The first-order valence-electron chi connectivity index (χ1n) is 5.38. The summed E-state index contributed by atoms with van der Waals surface area (Å²) in [5.41, 5.74) is 1.96. The Labute approximate surface area is 100.0 Å². The van der Waals surface area contributed by atoms with E-state index in [1.165, 1.54) is 18.2 Å². The Bertz CT molecular complexity index is 533. The molecule has 0 unspecified atom stereocenters. The van der Waals surface area contributed by atoms with Crippen LogP contribution >= 0.6 is 0 Å². The monoisotopic (exact) mass is 224 g/mol. The molecule has 1 aromatic rings. The summed E-state index contributed by atoms with van der Waals surface area (Å²) >= 11 is 0. The molecule has 0 atom stereocenters. The lowest BCUT2D eigenvalue weighted by Crippen LogP contribution is -2.15. The molecular formula is C15H12O2. The van der Waals surface area contributed by atoms with Crippen molar-refractivity contribution in [3.8, 4) is 0 Å². The van der Waals surface area contributed by atoms with Crippen molar-refractivity contribution in [3.63, 3.8) is 0 Å². The zero-order valence-corrected chi connectivity index (χ0v) is 9.35. The quantitative estimate of drug-likeness (QED) is 0.739. The van der Waals surface area contributed by atoms with Crippen LogP contribution in [0.25, 0.3) is 0 Å². The van der Waals surface area contributed by atoms with Gasteiger partial charge in [0.05, 0.1) is 0 Å². The zero-order valence-electron chi connectivity index (χ0n) is 9.35. The highest BCUT2D eigenvalue weighted by atomic mass is 16.1. The van der Waals surface area contributed by atoms with Crippen LogP contribution in [0, 0.1) is 0 Å². The van der Waals surface area contributed by atoms with Crippen molar-refractivity contribution in [2.75, 3.05) is 0 Å². The van der Waals surface area contributed by atoms with Gasteiger partial charge in [-0.1, -0.05) is 43.0 Å². The second-order valence-corrected chi connectivity index (χ2v) is 3.82. The number of benzene rings is 1. The molecule has 2 nitrogen and oxygen atoms in total. The molecule has 0 N–H and O–H groups in total. The van der Waals surface area contributed by atoms with Gasteiger partial charge in [0, 0.05) is 17.6 Å². The molecule has 0 amide bonds. The summed E-state index contributed by atoms with van der Waals surface area (Å²) in [6.45, 7) is 3.60. The number of hydrogen-bond acceptors (Lipinski definition) is 2. The van der Waals surface area contributed by atoms with Gasteiger partial charge in [-0.2, -0.15) is 0 Å². The van der Waals surface area contributed by atoms with Crippen molar-refractivity contribution in [2.24, 2.45) is 0 Å².